The Balaban J connectivity index is 2.23. The number of hydrogen-bond acceptors (Lipinski definition) is 2. The topological polar surface area (TPSA) is 49.3 Å². The summed E-state index contributed by atoms with van der Waals surface area (Å²) in [5, 5.41) is 13.3. The fourth-order valence-corrected chi connectivity index (χ4v) is 2.14. The van der Waals surface area contributed by atoms with Crippen LogP contribution in [0.2, 0.25) is 10.0 Å². The number of carbonyl (C=O) groups is 1. The average molecular weight is 304 g/mol. The summed E-state index contributed by atoms with van der Waals surface area (Å²) in [6.45, 7) is 3.58. The summed E-state index contributed by atoms with van der Waals surface area (Å²) in [7, 11) is 0. The highest BCUT2D eigenvalue weighted by molar-refractivity contribution is 6.33. The van der Waals surface area contributed by atoms with Crippen LogP contribution in [-0.4, -0.2) is 17.6 Å². The Morgan fingerprint density at radius 2 is 2.11 bits per heavy atom. The van der Waals surface area contributed by atoms with Crippen LogP contribution < -0.4 is 5.32 Å². The molecule has 19 heavy (non-hydrogen) atoms. The van der Waals surface area contributed by atoms with E-state index in [4.69, 9.17) is 28.3 Å². The van der Waals surface area contributed by atoms with Crippen LogP contribution >= 0.6 is 23.2 Å². The molecule has 2 N–H and O–H groups in total. The number of carboxylic acid groups (broad SMARTS) is 1. The van der Waals surface area contributed by atoms with Crippen molar-refractivity contribution in [1.29, 1.82) is 0 Å². The van der Waals surface area contributed by atoms with Crippen LogP contribution in [-0.2, 0) is 11.3 Å². The Bertz CT molecular complexity index is 424. The molecule has 0 heterocycles. The van der Waals surface area contributed by atoms with Gasteiger partial charge in [0.05, 0.1) is 0 Å². The molecular weight excluding hydrogens is 285 g/mol. The van der Waals surface area contributed by atoms with E-state index in [1.165, 1.54) is 0 Å². The Morgan fingerprint density at radius 3 is 2.79 bits per heavy atom. The molecule has 0 saturated carbocycles. The number of rotatable bonds is 8. The highest BCUT2D eigenvalue weighted by atomic mass is 35.5. The molecule has 1 rings (SSSR count). The van der Waals surface area contributed by atoms with Crippen LogP contribution in [0.15, 0.2) is 18.2 Å². The highest BCUT2D eigenvalue weighted by Crippen LogP contribution is 2.20. The molecule has 0 aliphatic heterocycles. The predicted molar refractivity (Wildman–Crippen MR) is 78.8 cm³/mol. The number of benzene rings is 1. The van der Waals surface area contributed by atoms with E-state index in [0.717, 1.165) is 24.9 Å². The maximum Gasteiger partial charge on any atom is 0.303 e. The van der Waals surface area contributed by atoms with Gasteiger partial charge in [-0.15, -0.1) is 0 Å². The smallest absolute Gasteiger partial charge is 0.303 e. The second kappa shape index (κ2) is 8.41. The Kier molecular flexibility index (Phi) is 7.21. The zero-order chi connectivity index (χ0) is 14.3. The van der Waals surface area contributed by atoms with E-state index < -0.39 is 5.97 Å². The fourth-order valence-electron chi connectivity index (χ4n) is 1.76. The van der Waals surface area contributed by atoms with Gasteiger partial charge in [-0.2, -0.15) is 0 Å². The molecule has 106 valence electrons. The van der Waals surface area contributed by atoms with Crippen LogP contribution in [0.3, 0.4) is 0 Å². The zero-order valence-electron chi connectivity index (χ0n) is 11.0. The third-order valence-corrected chi connectivity index (χ3v) is 3.59. The van der Waals surface area contributed by atoms with Gasteiger partial charge in [-0.05, 0) is 49.1 Å². The maximum absolute atomic E-state index is 10.4. The van der Waals surface area contributed by atoms with E-state index >= 15 is 0 Å². The van der Waals surface area contributed by atoms with Crippen molar-refractivity contribution < 1.29 is 9.90 Å². The largest absolute Gasteiger partial charge is 0.481 e. The Hall–Kier alpha value is -0.770. The first-order valence-corrected chi connectivity index (χ1v) is 7.11. The molecule has 0 spiro atoms. The van der Waals surface area contributed by atoms with Crippen molar-refractivity contribution in [3.8, 4) is 0 Å². The second-order valence-electron chi connectivity index (χ2n) is 4.74. The molecule has 5 heteroatoms. The van der Waals surface area contributed by atoms with Crippen molar-refractivity contribution >= 4 is 29.2 Å². The molecule has 3 nitrogen and oxygen atoms in total. The Labute approximate surface area is 123 Å². The summed E-state index contributed by atoms with van der Waals surface area (Å²) in [6, 6.07) is 5.41. The van der Waals surface area contributed by atoms with Gasteiger partial charge in [0.2, 0.25) is 0 Å². The minimum atomic E-state index is -0.731. The van der Waals surface area contributed by atoms with E-state index in [9.17, 15) is 4.79 Å². The van der Waals surface area contributed by atoms with E-state index in [0.29, 0.717) is 22.5 Å². The van der Waals surface area contributed by atoms with Crippen LogP contribution in [0.5, 0.6) is 0 Å². The van der Waals surface area contributed by atoms with Crippen molar-refractivity contribution in [2.45, 2.75) is 32.7 Å². The van der Waals surface area contributed by atoms with Crippen LogP contribution in [0.4, 0.5) is 0 Å². The standard InChI is InChI=1S/C14H19Cl2NO2/c1-10(2-5-14(18)19)6-7-17-9-11-8-12(15)3-4-13(11)16/h3-4,8,10,17H,2,5-7,9H2,1H3,(H,18,19). The molecule has 0 fully saturated rings. The summed E-state index contributed by atoms with van der Waals surface area (Å²) in [4.78, 5) is 10.4. The quantitative estimate of drug-likeness (QED) is 0.714. The lowest BCUT2D eigenvalue weighted by Crippen LogP contribution is -2.17. The minimum absolute atomic E-state index is 0.237. The molecule has 0 aliphatic rings. The van der Waals surface area contributed by atoms with E-state index in [2.05, 4.69) is 12.2 Å². The van der Waals surface area contributed by atoms with Gasteiger partial charge in [-0.3, -0.25) is 4.79 Å². The van der Waals surface area contributed by atoms with E-state index in [1.54, 1.807) is 12.1 Å². The fraction of sp³-hybridized carbons (Fsp3) is 0.500. The lowest BCUT2D eigenvalue weighted by atomic mass is 10.0. The van der Waals surface area contributed by atoms with E-state index in [1.807, 2.05) is 6.07 Å². The van der Waals surface area contributed by atoms with Gasteiger partial charge >= 0.3 is 5.97 Å². The number of halogens is 2. The lowest BCUT2D eigenvalue weighted by Gasteiger charge is -2.11. The molecular formula is C14H19Cl2NO2. The first-order valence-electron chi connectivity index (χ1n) is 6.35. The molecule has 1 aromatic rings. The van der Waals surface area contributed by atoms with Gasteiger partial charge in [0.15, 0.2) is 0 Å². The van der Waals surface area contributed by atoms with Crippen molar-refractivity contribution in [3.05, 3.63) is 33.8 Å². The summed E-state index contributed by atoms with van der Waals surface area (Å²) >= 11 is 12.0. The van der Waals surface area contributed by atoms with E-state index in [-0.39, 0.29) is 6.42 Å². The number of aliphatic carboxylic acids is 1. The molecule has 1 aromatic carbocycles. The third kappa shape index (κ3) is 6.81. The predicted octanol–water partition coefficient (Wildman–Crippen LogP) is 3.97. The molecule has 1 unspecified atom stereocenters. The van der Waals surface area contributed by atoms with Crippen molar-refractivity contribution in [3.63, 3.8) is 0 Å². The van der Waals surface area contributed by atoms with Gasteiger partial charge < -0.3 is 10.4 Å². The molecule has 0 saturated heterocycles. The Morgan fingerprint density at radius 1 is 1.37 bits per heavy atom. The molecule has 1 atom stereocenters. The van der Waals surface area contributed by atoms with Crippen LogP contribution in [0, 0.1) is 5.92 Å². The highest BCUT2D eigenvalue weighted by Gasteiger charge is 2.06. The minimum Gasteiger partial charge on any atom is -0.481 e. The molecule has 0 amide bonds. The number of carboxylic acids is 1. The summed E-state index contributed by atoms with van der Waals surface area (Å²) in [6.07, 6.45) is 1.90. The molecule has 0 aromatic heterocycles. The molecule has 0 radical (unpaired) electrons. The van der Waals surface area contributed by atoms with Crippen LogP contribution in [0.1, 0.15) is 31.7 Å². The van der Waals surface area contributed by atoms with Crippen molar-refractivity contribution in [2.75, 3.05) is 6.54 Å². The van der Waals surface area contributed by atoms with Crippen molar-refractivity contribution in [1.82, 2.24) is 5.32 Å². The van der Waals surface area contributed by atoms with Gasteiger partial charge in [0.25, 0.3) is 0 Å². The lowest BCUT2D eigenvalue weighted by molar-refractivity contribution is -0.137. The first kappa shape index (κ1) is 16.3. The summed E-state index contributed by atoms with van der Waals surface area (Å²) < 4.78 is 0. The molecule has 0 bridgehead atoms. The van der Waals surface area contributed by atoms with Gasteiger partial charge in [-0.25, -0.2) is 0 Å². The summed E-state index contributed by atoms with van der Waals surface area (Å²) in [5.41, 5.74) is 0.979. The SMILES string of the molecule is CC(CCNCc1cc(Cl)ccc1Cl)CCC(=O)O. The maximum atomic E-state index is 10.4. The third-order valence-electron chi connectivity index (χ3n) is 2.99. The first-order chi connectivity index (χ1) is 8.99. The normalized spacial score (nSPS) is 12.4. The zero-order valence-corrected chi connectivity index (χ0v) is 12.5. The van der Waals surface area contributed by atoms with Gasteiger partial charge in [0, 0.05) is 23.0 Å². The van der Waals surface area contributed by atoms with Gasteiger partial charge in [0.1, 0.15) is 0 Å². The van der Waals surface area contributed by atoms with Gasteiger partial charge in [-0.1, -0.05) is 30.1 Å². The van der Waals surface area contributed by atoms with Crippen LogP contribution in [0.25, 0.3) is 0 Å². The number of hydrogen-bond donors (Lipinski definition) is 2. The number of nitrogens with one attached hydrogen (secondary N) is 1. The average Bonchev–Trinajstić information content (AvgIpc) is 2.36. The molecule has 0 aliphatic carbocycles. The van der Waals surface area contributed by atoms with Crippen molar-refractivity contribution in [2.24, 2.45) is 5.92 Å². The monoisotopic (exact) mass is 303 g/mol. The summed E-state index contributed by atoms with van der Waals surface area (Å²) in [5.74, 6) is -0.330. The second-order valence-corrected chi connectivity index (χ2v) is 5.58.